The first kappa shape index (κ1) is 30.5. The Morgan fingerprint density at radius 3 is 2.27 bits per heavy atom. The lowest BCUT2D eigenvalue weighted by Gasteiger charge is -2.73. The van der Waals surface area contributed by atoms with Gasteiger partial charge in [-0.3, -0.25) is 9.59 Å². The van der Waals surface area contributed by atoms with Gasteiger partial charge in [-0.05, 0) is 103 Å². The molecular formula is C37H55NO3. The minimum atomic E-state index is -0.236. The van der Waals surface area contributed by atoms with Crippen LogP contribution in [-0.4, -0.2) is 23.7 Å². The van der Waals surface area contributed by atoms with E-state index < -0.39 is 0 Å². The summed E-state index contributed by atoms with van der Waals surface area (Å²) in [5, 5.41) is 3.80. The van der Waals surface area contributed by atoms with Gasteiger partial charge in [0.1, 0.15) is 11.5 Å². The van der Waals surface area contributed by atoms with Gasteiger partial charge in [-0.15, -0.1) is 0 Å². The molecule has 41 heavy (non-hydrogen) atoms. The third kappa shape index (κ3) is 3.94. The second-order valence-corrected chi connectivity index (χ2v) is 16.8. The quantitative estimate of drug-likeness (QED) is 0.330. The van der Waals surface area contributed by atoms with Crippen molar-refractivity contribution in [1.29, 1.82) is 0 Å². The maximum atomic E-state index is 14.8. The standard InChI is InChI=1S/C37H55NO3/c1-12-25-21-33(8)27(32(6,7)30(25)41-13-2)14-15-34(9)28(33)20-26(40)29-35(34,10)17-19-37(38-22-24(3)39)18-16-31(4,5)23-36(29,37)11/h12-13,20,27,29,38H,1-2,14-19,21-23H2,3-11H3/t27?,29-,33-,34+,35+,36-,37-/m0/s1. The van der Waals surface area contributed by atoms with Crippen LogP contribution >= 0.6 is 0 Å². The smallest absolute Gasteiger partial charge is 0.159 e. The number of hydrogen-bond acceptors (Lipinski definition) is 4. The summed E-state index contributed by atoms with van der Waals surface area (Å²) in [4.78, 5) is 27.0. The van der Waals surface area contributed by atoms with Gasteiger partial charge in [0.05, 0.1) is 12.8 Å². The molecule has 226 valence electrons. The fourth-order valence-corrected chi connectivity index (χ4v) is 11.8. The second-order valence-electron chi connectivity index (χ2n) is 16.8. The van der Waals surface area contributed by atoms with Crippen LogP contribution in [0.3, 0.4) is 0 Å². The zero-order valence-corrected chi connectivity index (χ0v) is 27.4. The number of ether oxygens (including phenoxy) is 1. The number of carbonyl (C=O) groups is 2. The van der Waals surface area contributed by atoms with Gasteiger partial charge in [0.25, 0.3) is 0 Å². The number of fused-ring (bicyclic) bond motifs is 7. The van der Waals surface area contributed by atoms with Crippen LogP contribution in [0.15, 0.2) is 48.5 Å². The van der Waals surface area contributed by atoms with E-state index in [1.54, 1.807) is 13.2 Å². The first-order valence-corrected chi connectivity index (χ1v) is 16.0. The van der Waals surface area contributed by atoms with Gasteiger partial charge in [-0.25, -0.2) is 0 Å². The molecule has 0 aliphatic heterocycles. The zero-order valence-electron chi connectivity index (χ0n) is 27.4. The molecule has 5 rings (SSSR count). The third-order valence-electron chi connectivity index (χ3n) is 13.7. The second kappa shape index (κ2) is 9.28. The van der Waals surface area contributed by atoms with E-state index in [-0.39, 0.29) is 49.7 Å². The highest BCUT2D eigenvalue weighted by atomic mass is 16.5. The molecule has 1 N–H and O–H groups in total. The number of ketones is 2. The SMILES string of the molecule is C=COC1=C(C=C)C[C@]2(C)C3=CC(=O)[C@@H]4[C@]5(C)CC(C)(C)CC[C@]5(NCC(C)=O)CC[C@@]4(C)[C@]3(C)CCC2C1(C)C. The lowest BCUT2D eigenvalue weighted by molar-refractivity contribution is -0.190. The molecule has 0 aromatic rings. The molecule has 4 heteroatoms. The van der Waals surface area contributed by atoms with Gasteiger partial charge in [-0.1, -0.05) is 80.2 Å². The van der Waals surface area contributed by atoms with E-state index in [1.807, 2.05) is 6.08 Å². The van der Waals surface area contributed by atoms with Gasteiger partial charge in [0.15, 0.2) is 5.78 Å². The summed E-state index contributed by atoms with van der Waals surface area (Å²) >= 11 is 0. The highest BCUT2D eigenvalue weighted by molar-refractivity contribution is 5.96. The molecule has 0 aromatic carbocycles. The Morgan fingerprint density at radius 1 is 1.00 bits per heavy atom. The Hall–Kier alpha value is -1.94. The van der Waals surface area contributed by atoms with Gasteiger partial charge < -0.3 is 10.1 Å². The summed E-state index contributed by atoms with van der Waals surface area (Å²) in [5.74, 6) is 1.73. The molecule has 7 atom stereocenters. The van der Waals surface area contributed by atoms with E-state index in [1.165, 1.54) is 5.57 Å². The van der Waals surface area contributed by atoms with Crippen molar-refractivity contribution in [1.82, 2.24) is 5.32 Å². The fourth-order valence-electron chi connectivity index (χ4n) is 11.8. The van der Waals surface area contributed by atoms with Crippen molar-refractivity contribution in [2.24, 2.45) is 44.3 Å². The Morgan fingerprint density at radius 2 is 1.66 bits per heavy atom. The van der Waals surface area contributed by atoms with Gasteiger partial charge in [0, 0.05) is 16.9 Å². The van der Waals surface area contributed by atoms with Crippen LogP contribution in [0.5, 0.6) is 0 Å². The van der Waals surface area contributed by atoms with Crippen LogP contribution in [0.2, 0.25) is 0 Å². The minimum Gasteiger partial charge on any atom is -0.469 e. The molecule has 0 amide bonds. The van der Waals surface area contributed by atoms with Crippen LogP contribution in [0, 0.1) is 44.3 Å². The van der Waals surface area contributed by atoms with E-state index in [9.17, 15) is 9.59 Å². The fraction of sp³-hybridized carbons (Fsp3) is 0.730. The zero-order chi connectivity index (χ0) is 30.4. The molecule has 0 bridgehead atoms. The molecule has 1 unspecified atom stereocenters. The molecule has 0 aromatic heterocycles. The van der Waals surface area contributed by atoms with Gasteiger partial charge >= 0.3 is 0 Å². The minimum absolute atomic E-state index is 0.0811. The first-order valence-electron chi connectivity index (χ1n) is 16.0. The molecule has 0 radical (unpaired) electrons. The topological polar surface area (TPSA) is 55.4 Å². The Bertz CT molecular complexity index is 1250. The highest BCUT2D eigenvalue weighted by Crippen LogP contribution is 2.76. The lowest BCUT2D eigenvalue weighted by atomic mass is 9.32. The summed E-state index contributed by atoms with van der Waals surface area (Å²) in [5.41, 5.74) is 1.60. The van der Waals surface area contributed by atoms with Crippen molar-refractivity contribution in [2.45, 2.75) is 119 Å². The molecule has 0 saturated heterocycles. The number of carbonyl (C=O) groups excluding carboxylic acids is 2. The molecule has 5 aliphatic rings. The summed E-state index contributed by atoms with van der Waals surface area (Å²) in [6.07, 6.45) is 13.8. The van der Waals surface area contributed by atoms with E-state index >= 15 is 0 Å². The van der Waals surface area contributed by atoms with Crippen LogP contribution < -0.4 is 5.32 Å². The van der Waals surface area contributed by atoms with Crippen molar-refractivity contribution in [3.63, 3.8) is 0 Å². The Balaban J connectivity index is 1.68. The predicted octanol–water partition coefficient (Wildman–Crippen LogP) is 8.50. The molecule has 3 saturated carbocycles. The van der Waals surface area contributed by atoms with E-state index in [0.717, 1.165) is 62.7 Å². The largest absolute Gasteiger partial charge is 0.469 e. The Labute approximate surface area is 249 Å². The van der Waals surface area contributed by atoms with Crippen molar-refractivity contribution < 1.29 is 14.3 Å². The van der Waals surface area contributed by atoms with E-state index in [4.69, 9.17) is 4.74 Å². The number of allylic oxidation sites excluding steroid dienone is 5. The van der Waals surface area contributed by atoms with Gasteiger partial charge in [-0.2, -0.15) is 0 Å². The predicted molar refractivity (Wildman–Crippen MR) is 167 cm³/mol. The van der Waals surface area contributed by atoms with Gasteiger partial charge in [0.2, 0.25) is 0 Å². The Kier molecular flexibility index (Phi) is 6.91. The van der Waals surface area contributed by atoms with Crippen LogP contribution in [0.1, 0.15) is 114 Å². The number of rotatable bonds is 6. The number of nitrogens with one attached hydrogen (secondary N) is 1. The maximum absolute atomic E-state index is 14.8. The van der Waals surface area contributed by atoms with Crippen molar-refractivity contribution in [3.05, 3.63) is 48.5 Å². The van der Waals surface area contributed by atoms with Crippen molar-refractivity contribution >= 4 is 11.6 Å². The van der Waals surface area contributed by atoms with Crippen molar-refractivity contribution in [3.8, 4) is 0 Å². The molecule has 0 spiro atoms. The molecular weight excluding hydrogens is 506 g/mol. The highest BCUT2D eigenvalue weighted by Gasteiger charge is 2.73. The first-order chi connectivity index (χ1) is 18.9. The molecule has 4 nitrogen and oxygen atoms in total. The molecule has 3 fully saturated rings. The lowest BCUT2D eigenvalue weighted by Crippen LogP contribution is -2.73. The summed E-state index contributed by atoms with van der Waals surface area (Å²) in [7, 11) is 0. The normalized spacial score (nSPS) is 44.4. The van der Waals surface area contributed by atoms with Crippen LogP contribution in [-0.2, 0) is 14.3 Å². The van der Waals surface area contributed by atoms with Crippen LogP contribution in [0.25, 0.3) is 0 Å². The number of Topliss-reactive ketones (excluding diaryl/α,β-unsaturated/α-hetero) is 1. The average molecular weight is 562 g/mol. The monoisotopic (exact) mass is 561 g/mol. The van der Waals surface area contributed by atoms with E-state index in [0.29, 0.717) is 18.2 Å². The summed E-state index contributed by atoms with van der Waals surface area (Å²) in [6, 6.07) is 0. The molecule has 5 aliphatic carbocycles. The number of hydrogen-bond donors (Lipinski definition) is 1. The maximum Gasteiger partial charge on any atom is 0.159 e. The van der Waals surface area contributed by atoms with E-state index in [2.05, 4.69) is 79.9 Å². The van der Waals surface area contributed by atoms with Crippen LogP contribution in [0.4, 0.5) is 0 Å². The summed E-state index contributed by atoms with van der Waals surface area (Å²) in [6.45, 7) is 29.2. The average Bonchev–Trinajstić information content (AvgIpc) is 2.85. The van der Waals surface area contributed by atoms with Crippen molar-refractivity contribution in [2.75, 3.05) is 6.54 Å². The third-order valence-corrected chi connectivity index (χ3v) is 13.7. The summed E-state index contributed by atoms with van der Waals surface area (Å²) < 4.78 is 6.08. The molecule has 0 heterocycles.